The number of aliphatic imine (C=N–C) groups is 1. The Bertz CT molecular complexity index is 364. The zero-order chi connectivity index (χ0) is 18.9. The summed E-state index contributed by atoms with van der Waals surface area (Å²) in [5.74, 6) is 0.810. The van der Waals surface area contributed by atoms with Gasteiger partial charge in [-0.15, -0.1) is 24.0 Å². The Kier molecular flexibility index (Phi) is 17.9. The van der Waals surface area contributed by atoms with Gasteiger partial charge in [-0.2, -0.15) is 0 Å². The van der Waals surface area contributed by atoms with E-state index in [4.69, 9.17) is 9.47 Å². The maximum absolute atomic E-state index is 9.29. The Morgan fingerprint density at radius 3 is 2.52 bits per heavy atom. The van der Waals surface area contributed by atoms with Gasteiger partial charge in [0.2, 0.25) is 0 Å². The van der Waals surface area contributed by atoms with Crippen LogP contribution in [0.1, 0.15) is 64.7 Å². The van der Waals surface area contributed by atoms with Gasteiger partial charge in [-0.1, -0.05) is 39.0 Å². The SMILES string of the molecule is CCCCCCCCOCCCNC(=NC)NCC1(CCO)CCOC1.I. The molecule has 1 fully saturated rings. The van der Waals surface area contributed by atoms with Gasteiger partial charge in [0, 0.05) is 52.0 Å². The van der Waals surface area contributed by atoms with Gasteiger partial charge >= 0.3 is 0 Å². The van der Waals surface area contributed by atoms with Crippen LogP contribution < -0.4 is 10.6 Å². The summed E-state index contributed by atoms with van der Waals surface area (Å²) in [5, 5.41) is 16.0. The number of ether oxygens (including phenoxy) is 2. The third kappa shape index (κ3) is 12.9. The Morgan fingerprint density at radius 1 is 1.11 bits per heavy atom. The monoisotopic (exact) mass is 499 g/mol. The van der Waals surface area contributed by atoms with Crippen molar-refractivity contribution in [3.05, 3.63) is 0 Å². The fourth-order valence-corrected chi connectivity index (χ4v) is 3.27. The summed E-state index contributed by atoms with van der Waals surface area (Å²) in [6.07, 6.45) is 10.5. The topological polar surface area (TPSA) is 75.1 Å². The highest BCUT2D eigenvalue weighted by atomic mass is 127. The first-order chi connectivity index (χ1) is 12.8. The molecule has 7 heteroatoms. The highest BCUT2D eigenvalue weighted by molar-refractivity contribution is 14.0. The molecule has 1 atom stereocenters. The lowest BCUT2D eigenvalue weighted by Crippen LogP contribution is -2.44. The van der Waals surface area contributed by atoms with E-state index in [0.717, 1.165) is 58.1 Å². The summed E-state index contributed by atoms with van der Waals surface area (Å²) in [7, 11) is 1.79. The predicted molar refractivity (Wildman–Crippen MR) is 123 cm³/mol. The maximum atomic E-state index is 9.29. The van der Waals surface area contributed by atoms with Crippen LogP contribution in [0.15, 0.2) is 4.99 Å². The molecule has 1 aliphatic heterocycles. The van der Waals surface area contributed by atoms with Crippen LogP contribution in [0.4, 0.5) is 0 Å². The van der Waals surface area contributed by atoms with Gasteiger partial charge in [0.15, 0.2) is 5.96 Å². The minimum atomic E-state index is 0. The Labute approximate surface area is 183 Å². The number of hydrogen-bond acceptors (Lipinski definition) is 4. The second-order valence-corrected chi connectivity index (χ2v) is 7.36. The predicted octanol–water partition coefficient (Wildman–Crippen LogP) is 3.33. The number of rotatable bonds is 15. The highest BCUT2D eigenvalue weighted by Crippen LogP contribution is 2.31. The van der Waals surface area contributed by atoms with E-state index in [0.29, 0.717) is 6.61 Å². The standard InChI is InChI=1S/C20H41N3O3.HI/c1-3-4-5-6-7-8-14-25-15-9-12-22-19(21-2)23-17-20(10-13-24)11-16-26-18-20;/h24H,3-18H2,1-2H3,(H2,21,22,23);1H. The summed E-state index contributed by atoms with van der Waals surface area (Å²) in [6, 6.07) is 0. The van der Waals surface area contributed by atoms with Crippen LogP contribution in [-0.2, 0) is 9.47 Å². The van der Waals surface area contributed by atoms with Crippen LogP contribution in [0.5, 0.6) is 0 Å². The molecule has 1 heterocycles. The summed E-state index contributed by atoms with van der Waals surface area (Å²) in [5.41, 5.74) is 0.0343. The molecular formula is C20H42IN3O3. The number of halogens is 1. The molecule has 0 amide bonds. The van der Waals surface area contributed by atoms with Gasteiger partial charge in [-0.3, -0.25) is 4.99 Å². The molecule has 0 aromatic rings. The average Bonchev–Trinajstić information content (AvgIpc) is 3.11. The average molecular weight is 499 g/mol. The van der Waals surface area contributed by atoms with Gasteiger partial charge in [0.1, 0.15) is 0 Å². The first kappa shape index (κ1) is 26.9. The molecule has 162 valence electrons. The van der Waals surface area contributed by atoms with Crippen molar-refractivity contribution in [3.63, 3.8) is 0 Å². The van der Waals surface area contributed by atoms with Crippen molar-refractivity contribution in [1.29, 1.82) is 0 Å². The van der Waals surface area contributed by atoms with Gasteiger partial charge in [-0.25, -0.2) is 0 Å². The second kappa shape index (κ2) is 17.9. The van der Waals surface area contributed by atoms with Gasteiger partial charge in [0.05, 0.1) is 6.61 Å². The number of unbranched alkanes of at least 4 members (excludes halogenated alkanes) is 5. The third-order valence-electron chi connectivity index (χ3n) is 5.08. The molecule has 0 aliphatic carbocycles. The Balaban J connectivity index is 0.00000676. The van der Waals surface area contributed by atoms with Crippen LogP contribution in [0, 0.1) is 5.41 Å². The number of nitrogens with one attached hydrogen (secondary N) is 2. The van der Waals surface area contributed by atoms with Gasteiger partial charge < -0.3 is 25.2 Å². The number of nitrogens with zero attached hydrogens (tertiary/aromatic N) is 1. The number of aliphatic hydroxyl groups is 1. The zero-order valence-electron chi connectivity index (χ0n) is 17.4. The minimum absolute atomic E-state index is 0. The molecule has 0 bridgehead atoms. The molecule has 1 aliphatic rings. The van der Waals surface area contributed by atoms with Crippen LogP contribution in [-0.4, -0.2) is 64.2 Å². The molecule has 1 saturated heterocycles. The van der Waals surface area contributed by atoms with Crippen LogP contribution in [0.2, 0.25) is 0 Å². The minimum Gasteiger partial charge on any atom is -0.396 e. The lowest BCUT2D eigenvalue weighted by molar-refractivity contribution is 0.126. The molecule has 3 N–H and O–H groups in total. The van der Waals surface area contributed by atoms with Crippen molar-refractivity contribution in [2.75, 3.05) is 53.2 Å². The molecule has 1 unspecified atom stereocenters. The van der Waals surface area contributed by atoms with E-state index < -0.39 is 0 Å². The molecular weight excluding hydrogens is 457 g/mol. The molecule has 0 saturated carbocycles. The van der Waals surface area contributed by atoms with Crippen molar-refractivity contribution in [2.24, 2.45) is 10.4 Å². The smallest absolute Gasteiger partial charge is 0.190 e. The summed E-state index contributed by atoms with van der Waals surface area (Å²) < 4.78 is 11.2. The van der Waals surface area contributed by atoms with E-state index in [-0.39, 0.29) is 36.0 Å². The summed E-state index contributed by atoms with van der Waals surface area (Å²) in [4.78, 5) is 4.27. The van der Waals surface area contributed by atoms with Gasteiger partial charge in [-0.05, 0) is 25.7 Å². The molecule has 0 radical (unpaired) electrons. The van der Waals surface area contributed by atoms with Crippen molar-refractivity contribution in [2.45, 2.75) is 64.7 Å². The fourth-order valence-electron chi connectivity index (χ4n) is 3.27. The lowest BCUT2D eigenvalue weighted by atomic mass is 9.84. The van der Waals surface area contributed by atoms with Crippen molar-refractivity contribution in [1.82, 2.24) is 10.6 Å². The molecule has 27 heavy (non-hydrogen) atoms. The Hall–Kier alpha value is -0.120. The van der Waals surface area contributed by atoms with Crippen LogP contribution in [0.25, 0.3) is 0 Å². The van der Waals surface area contributed by atoms with E-state index >= 15 is 0 Å². The number of hydrogen-bond donors (Lipinski definition) is 3. The van der Waals surface area contributed by atoms with Crippen molar-refractivity contribution >= 4 is 29.9 Å². The third-order valence-corrected chi connectivity index (χ3v) is 5.08. The van der Waals surface area contributed by atoms with E-state index in [1.807, 2.05) is 0 Å². The van der Waals surface area contributed by atoms with E-state index in [9.17, 15) is 5.11 Å². The van der Waals surface area contributed by atoms with Crippen LogP contribution in [0.3, 0.4) is 0 Å². The van der Waals surface area contributed by atoms with E-state index in [1.54, 1.807) is 7.05 Å². The van der Waals surface area contributed by atoms with Crippen molar-refractivity contribution < 1.29 is 14.6 Å². The molecule has 0 spiro atoms. The lowest BCUT2D eigenvalue weighted by Gasteiger charge is -2.27. The Morgan fingerprint density at radius 2 is 1.85 bits per heavy atom. The first-order valence-electron chi connectivity index (χ1n) is 10.5. The summed E-state index contributed by atoms with van der Waals surface area (Å²) >= 11 is 0. The second-order valence-electron chi connectivity index (χ2n) is 7.36. The largest absolute Gasteiger partial charge is 0.396 e. The maximum Gasteiger partial charge on any atom is 0.190 e. The van der Waals surface area contributed by atoms with E-state index in [2.05, 4.69) is 22.5 Å². The molecule has 1 rings (SSSR count). The highest BCUT2D eigenvalue weighted by Gasteiger charge is 2.34. The first-order valence-corrected chi connectivity index (χ1v) is 10.5. The van der Waals surface area contributed by atoms with Crippen molar-refractivity contribution in [3.8, 4) is 0 Å². The normalized spacial score (nSPS) is 19.7. The number of aliphatic hydroxyl groups excluding tert-OH is 1. The summed E-state index contributed by atoms with van der Waals surface area (Å²) in [6.45, 7) is 7.24. The molecule has 0 aromatic heterocycles. The fraction of sp³-hybridized carbons (Fsp3) is 0.950. The zero-order valence-corrected chi connectivity index (χ0v) is 19.8. The quantitative estimate of drug-likeness (QED) is 0.140. The molecule has 6 nitrogen and oxygen atoms in total. The van der Waals surface area contributed by atoms with Crippen LogP contribution >= 0.6 is 24.0 Å². The van der Waals surface area contributed by atoms with E-state index in [1.165, 1.54) is 38.5 Å². The number of guanidine groups is 1. The van der Waals surface area contributed by atoms with Gasteiger partial charge in [0.25, 0.3) is 0 Å². The molecule has 0 aromatic carbocycles.